The summed E-state index contributed by atoms with van der Waals surface area (Å²) in [6.45, 7) is 0. The molecule has 0 aliphatic rings. The van der Waals surface area contributed by atoms with Crippen molar-refractivity contribution in [3.63, 3.8) is 0 Å². The molecule has 0 unspecified atom stereocenters. The van der Waals surface area contributed by atoms with Crippen LogP contribution in [-0.2, 0) is 4.79 Å². The molecule has 4 nitrogen and oxygen atoms in total. The van der Waals surface area contributed by atoms with Gasteiger partial charge in [-0.1, -0.05) is 5.16 Å². The molecule has 0 bridgehead atoms. The maximum absolute atomic E-state index is 9.51. The highest BCUT2D eigenvalue weighted by molar-refractivity contribution is 6.25. The van der Waals surface area contributed by atoms with Crippen molar-refractivity contribution in [3.8, 4) is 0 Å². The van der Waals surface area contributed by atoms with E-state index in [1.807, 2.05) is 0 Å². The van der Waals surface area contributed by atoms with Crippen molar-refractivity contribution >= 4 is 12.1 Å². The van der Waals surface area contributed by atoms with Crippen LogP contribution in [0.25, 0.3) is 0 Å². The molecule has 0 fully saturated rings. The van der Waals surface area contributed by atoms with Crippen molar-refractivity contribution in [3.05, 3.63) is 0 Å². The number of oxime groups is 1. The molecule has 0 aliphatic heterocycles. The summed E-state index contributed by atoms with van der Waals surface area (Å²) in [5.74, 6) is -0.752. The normalized spacial score (nSPS) is 9.33. The molecule has 34 valence electrons. The molecule has 0 saturated heterocycles. The molecule has 0 aromatic rings. The van der Waals surface area contributed by atoms with E-state index in [2.05, 4.69) is 10.9 Å². The fourth-order valence-corrected chi connectivity index (χ4v) is 0.0569. The Balaban J connectivity index is 3.30. The second kappa shape index (κ2) is 2.19. The lowest BCUT2D eigenvalue weighted by molar-refractivity contribution is -0.111. The summed E-state index contributed by atoms with van der Waals surface area (Å²) in [6.07, 6.45) is 0.611. The lowest BCUT2D eigenvalue weighted by atomic mass is 10.7. The number of amides is 1. The van der Waals surface area contributed by atoms with Crippen molar-refractivity contribution < 1.29 is 10.0 Å². The Morgan fingerprint density at radius 3 is 2.50 bits per heavy atom. The number of hydrogen-bond donors (Lipinski definition) is 2. The number of carbonyl (C=O) groups excluding carboxylic acids is 1. The van der Waals surface area contributed by atoms with Crippen LogP contribution in [-0.4, -0.2) is 17.3 Å². The topological polar surface area (TPSA) is 75.7 Å². The minimum atomic E-state index is -0.752. The highest BCUT2D eigenvalue weighted by atomic mass is 16.4. The van der Waals surface area contributed by atoms with Gasteiger partial charge in [-0.15, -0.1) is 0 Å². The van der Waals surface area contributed by atoms with Crippen LogP contribution in [0.15, 0.2) is 5.16 Å². The van der Waals surface area contributed by atoms with Gasteiger partial charge in [0.25, 0.3) is 5.91 Å². The van der Waals surface area contributed by atoms with E-state index in [9.17, 15) is 4.79 Å². The maximum Gasteiger partial charge on any atom is 0.263 e. The first-order chi connectivity index (χ1) is 2.77. The fourth-order valence-electron chi connectivity index (χ4n) is 0.0569. The first-order valence-electron chi connectivity index (χ1n) is 1.24. The van der Waals surface area contributed by atoms with Crippen LogP contribution >= 0.6 is 0 Å². The summed E-state index contributed by atoms with van der Waals surface area (Å²) in [4.78, 5) is 9.51. The van der Waals surface area contributed by atoms with Crippen LogP contribution in [0.3, 0.4) is 0 Å². The molecule has 6 heavy (non-hydrogen) atoms. The second-order valence-electron chi connectivity index (χ2n) is 0.647. The van der Waals surface area contributed by atoms with Crippen LogP contribution in [0.1, 0.15) is 0 Å². The van der Waals surface area contributed by atoms with Gasteiger partial charge in [0.2, 0.25) is 0 Å². The lowest BCUT2D eigenvalue weighted by Crippen LogP contribution is -2.10. The summed E-state index contributed by atoms with van der Waals surface area (Å²) in [5.41, 5.74) is 4.45. The molecule has 1 amide bonds. The minimum Gasteiger partial charge on any atom is -0.411 e. The van der Waals surface area contributed by atoms with E-state index in [-0.39, 0.29) is 0 Å². The zero-order valence-corrected chi connectivity index (χ0v) is 2.96. The largest absolute Gasteiger partial charge is 0.411 e. The van der Waals surface area contributed by atoms with E-state index in [0.29, 0.717) is 6.21 Å². The second-order valence-corrected chi connectivity index (χ2v) is 0.647. The third kappa shape index (κ3) is 2.94. The zero-order valence-electron chi connectivity index (χ0n) is 2.96. The third-order valence-corrected chi connectivity index (χ3v) is 0.185. The predicted octanol–water partition coefficient (Wildman–Crippen LogP) is -1.07. The molecule has 0 saturated carbocycles. The molecule has 4 heteroatoms. The summed E-state index contributed by atoms with van der Waals surface area (Å²) in [6, 6.07) is 0. The molecule has 0 heterocycles. The first-order valence-corrected chi connectivity index (χ1v) is 1.24. The summed E-state index contributed by atoms with van der Waals surface area (Å²) >= 11 is 0. The van der Waals surface area contributed by atoms with Crippen LogP contribution < -0.4 is 5.73 Å². The smallest absolute Gasteiger partial charge is 0.263 e. The van der Waals surface area contributed by atoms with E-state index in [1.54, 1.807) is 0 Å². The van der Waals surface area contributed by atoms with Gasteiger partial charge in [-0.3, -0.25) is 4.79 Å². The average Bonchev–Trinajstić information content (AvgIpc) is 1.35. The van der Waals surface area contributed by atoms with Crippen molar-refractivity contribution in [1.29, 1.82) is 0 Å². The van der Waals surface area contributed by atoms with Crippen LogP contribution in [0.4, 0.5) is 0 Å². The van der Waals surface area contributed by atoms with E-state index in [4.69, 9.17) is 5.21 Å². The van der Waals surface area contributed by atoms with E-state index < -0.39 is 5.91 Å². The number of carbonyl (C=O) groups is 1. The summed E-state index contributed by atoms with van der Waals surface area (Å²) in [7, 11) is 0. The van der Waals surface area contributed by atoms with Crippen LogP contribution in [0, 0.1) is 0 Å². The van der Waals surface area contributed by atoms with Gasteiger partial charge in [-0.05, 0) is 0 Å². The van der Waals surface area contributed by atoms with Crippen molar-refractivity contribution in [2.45, 2.75) is 0 Å². The van der Waals surface area contributed by atoms with Crippen LogP contribution in [0.2, 0.25) is 0 Å². The third-order valence-electron chi connectivity index (χ3n) is 0.185. The standard InChI is InChI=1S/C2H4N2O2/c3-2(5)1-4-6/h1,6H,(H2,3,5)/b4-1-. The molecule has 0 spiro atoms. The molecule has 0 radical (unpaired) electrons. The van der Waals surface area contributed by atoms with Gasteiger partial charge < -0.3 is 10.9 Å². The quantitative estimate of drug-likeness (QED) is 0.243. The summed E-state index contributed by atoms with van der Waals surface area (Å²) in [5, 5.41) is 9.84. The van der Waals surface area contributed by atoms with E-state index in [0.717, 1.165) is 0 Å². The monoisotopic (exact) mass is 88.0 g/mol. The Kier molecular flexibility index (Phi) is 1.81. The van der Waals surface area contributed by atoms with E-state index in [1.165, 1.54) is 0 Å². The molecular formula is C2H4N2O2. The predicted molar refractivity (Wildman–Crippen MR) is 19.5 cm³/mol. The molecule has 0 aliphatic carbocycles. The highest BCUT2D eigenvalue weighted by Gasteiger charge is 1.77. The number of rotatable bonds is 1. The number of nitrogens with zero attached hydrogens (tertiary/aromatic N) is 1. The molecular weight excluding hydrogens is 84.0 g/mol. The average molecular weight is 88.1 g/mol. The summed E-state index contributed by atoms with van der Waals surface area (Å²) < 4.78 is 0. The molecule has 0 rings (SSSR count). The Morgan fingerprint density at radius 2 is 2.50 bits per heavy atom. The number of primary amides is 1. The SMILES string of the molecule is NC(=O)/C=N\O. The van der Waals surface area contributed by atoms with Gasteiger partial charge in [0.15, 0.2) is 0 Å². The fraction of sp³-hybridized carbons (Fsp3) is 0. The Bertz CT molecular complexity index is 77.6. The van der Waals surface area contributed by atoms with Crippen molar-refractivity contribution in [2.24, 2.45) is 10.9 Å². The van der Waals surface area contributed by atoms with Crippen molar-refractivity contribution in [1.82, 2.24) is 0 Å². The van der Waals surface area contributed by atoms with Gasteiger partial charge in [0.05, 0.1) is 0 Å². The molecule has 3 N–H and O–H groups in total. The van der Waals surface area contributed by atoms with E-state index >= 15 is 0 Å². The molecule has 0 aromatic heterocycles. The van der Waals surface area contributed by atoms with Gasteiger partial charge in [-0.25, -0.2) is 0 Å². The molecule has 0 aromatic carbocycles. The first kappa shape index (κ1) is 4.94. The highest BCUT2D eigenvalue weighted by Crippen LogP contribution is 1.45. The maximum atomic E-state index is 9.51. The molecule has 0 atom stereocenters. The minimum absolute atomic E-state index is 0.611. The number of nitrogens with two attached hydrogens (primary N) is 1. The number of hydrogen-bond acceptors (Lipinski definition) is 3. The van der Waals surface area contributed by atoms with Crippen LogP contribution in [0.5, 0.6) is 0 Å². The van der Waals surface area contributed by atoms with Crippen molar-refractivity contribution in [2.75, 3.05) is 0 Å². The van der Waals surface area contributed by atoms with Gasteiger partial charge in [0, 0.05) is 0 Å². The Hall–Kier alpha value is -1.06. The zero-order chi connectivity index (χ0) is 4.99. The van der Waals surface area contributed by atoms with Gasteiger partial charge in [-0.2, -0.15) is 0 Å². The Morgan fingerprint density at radius 1 is 2.00 bits per heavy atom. The van der Waals surface area contributed by atoms with Gasteiger partial charge in [0.1, 0.15) is 6.21 Å². The lowest BCUT2D eigenvalue weighted by Gasteiger charge is -1.68. The van der Waals surface area contributed by atoms with Gasteiger partial charge >= 0.3 is 0 Å². The Labute approximate surface area is 34.2 Å².